The summed E-state index contributed by atoms with van der Waals surface area (Å²) in [6.45, 7) is 0. The largest absolute Gasteiger partial charge is 0.505 e. The van der Waals surface area contributed by atoms with E-state index < -0.39 is 11.6 Å². The summed E-state index contributed by atoms with van der Waals surface area (Å²) >= 11 is 0. The van der Waals surface area contributed by atoms with E-state index in [0.29, 0.717) is 22.3 Å². The number of fused-ring (bicyclic) bond motifs is 1. The average Bonchev–Trinajstić information content (AvgIpc) is 2.72. The molecule has 0 saturated carbocycles. The zero-order chi connectivity index (χ0) is 13.6. The lowest BCUT2D eigenvalue weighted by Gasteiger charge is -2.01. The summed E-state index contributed by atoms with van der Waals surface area (Å²) < 4.78 is 15.0. The van der Waals surface area contributed by atoms with Crippen molar-refractivity contribution in [1.82, 2.24) is 19.7 Å². The van der Waals surface area contributed by atoms with Gasteiger partial charge in [0, 0.05) is 12.6 Å². The lowest BCUT2D eigenvalue weighted by atomic mass is 10.1. The van der Waals surface area contributed by atoms with Gasteiger partial charge in [0.1, 0.15) is 17.8 Å². The molecule has 3 rings (SSSR count). The molecular weight excluding hydrogens is 249 g/mol. The quantitative estimate of drug-likeness (QED) is 0.690. The maximum atomic E-state index is 13.4. The fourth-order valence-corrected chi connectivity index (χ4v) is 1.97. The van der Waals surface area contributed by atoms with E-state index in [4.69, 9.17) is 5.73 Å². The number of hydrogen-bond acceptors (Lipinski definition) is 5. The van der Waals surface area contributed by atoms with E-state index in [1.807, 2.05) is 0 Å². The van der Waals surface area contributed by atoms with E-state index >= 15 is 0 Å². The Morgan fingerprint density at radius 2 is 2.11 bits per heavy atom. The number of nitrogens with zero attached hydrogens (tertiary/aromatic N) is 4. The first-order chi connectivity index (χ1) is 9.08. The van der Waals surface area contributed by atoms with E-state index in [9.17, 15) is 9.50 Å². The third-order valence-corrected chi connectivity index (χ3v) is 2.87. The summed E-state index contributed by atoms with van der Waals surface area (Å²) in [6, 6.07) is 4.03. The Bertz CT molecular complexity index is 783. The van der Waals surface area contributed by atoms with Crippen molar-refractivity contribution >= 4 is 16.9 Å². The van der Waals surface area contributed by atoms with Gasteiger partial charge in [0.05, 0.1) is 5.39 Å². The Labute approximate surface area is 107 Å². The lowest BCUT2D eigenvalue weighted by Crippen LogP contribution is -1.95. The smallest absolute Gasteiger partial charge is 0.165 e. The van der Waals surface area contributed by atoms with Gasteiger partial charge in [0.15, 0.2) is 17.2 Å². The topological polar surface area (TPSA) is 89.8 Å². The van der Waals surface area contributed by atoms with E-state index in [2.05, 4.69) is 15.1 Å². The molecule has 1 aromatic carbocycles. The molecule has 0 radical (unpaired) electrons. The zero-order valence-corrected chi connectivity index (χ0v) is 10.0. The Hall–Kier alpha value is -2.70. The van der Waals surface area contributed by atoms with Crippen LogP contribution in [0.4, 0.5) is 10.2 Å². The van der Waals surface area contributed by atoms with Gasteiger partial charge in [-0.25, -0.2) is 19.0 Å². The van der Waals surface area contributed by atoms with Crippen molar-refractivity contribution in [3.05, 3.63) is 30.3 Å². The molecule has 0 aliphatic carbocycles. The Morgan fingerprint density at radius 1 is 1.32 bits per heavy atom. The van der Waals surface area contributed by atoms with Crippen LogP contribution >= 0.6 is 0 Å². The molecule has 0 spiro atoms. The first kappa shape index (κ1) is 11.4. The van der Waals surface area contributed by atoms with Crippen LogP contribution in [-0.4, -0.2) is 24.9 Å². The predicted molar refractivity (Wildman–Crippen MR) is 67.8 cm³/mol. The molecule has 0 aliphatic heterocycles. The highest BCUT2D eigenvalue weighted by molar-refractivity contribution is 5.98. The van der Waals surface area contributed by atoms with Gasteiger partial charge >= 0.3 is 0 Å². The van der Waals surface area contributed by atoms with Gasteiger partial charge in [-0.05, 0) is 18.2 Å². The van der Waals surface area contributed by atoms with Gasteiger partial charge in [0.25, 0.3) is 0 Å². The van der Waals surface area contributed by atoms with Crippen LogP contribution in [-0.2, 0) is 7.05 Å². The van der Waals surface area contributed by atoms with Crippen LogP contribution in [0.5, 0.6) is 5.75 Å². The standard InChI is InChI=1S/C12H10FN5O/c1-18-12-9(11(14)15-5-16-12)10(17-18)6-2-3-8(19)7(13)4-6/h2-5,19H,1H3,(H2,14,15,16). The van der Waals surface area contributed by atoms with Gasteiger partial charge < -0.3 is 10.8 Å². The molecular formula is C12H10FN5O. The van der Waals surface area contributed by atoms with E-state index in [-0.39, 0.29) is 5.82 Å². The highest BCUT2D eigenvalue weighted by Crippen LogP contribution is 2.31. The van der Waals surface area contributed by atoms with Crippen molar-refractivity contribution in [2.75, 3.05) is 5.73 Å². The fourth-order valence-electron chi connectivity index (χ4n) is 1.97. The molecule has 0 aliphatic rings. The van der Waals surface area contributed by atoms with E-state index in [1.165, 1.54) is 18.5 Å². The molecule has 0 amide bonds. The molecule has 6 nitrogen and oxygen atoms in total. The lowest BCUT2D eigenvalue weighted by molar-refractivity contribution is 0.432. The summed E-state index contributed by atoms with van der Waals surface area (Å²) in [5.74, 6) is -0.846. The summed E-state index contributed by atoms with van der Waals surface area (Å²) in [4.78, 5) is 8.01. The molecule has 96 valence electrons. The average molecular weight is 259 g/mol. The predicted octanol–water partition coefficient (Wildman–Crippen LogP) is 1.46. The number of benzene rings is 1. The minimum absolute atomic E-state index is 0.279. The molecule has 2 aromatic heterocycles. The SMILES string of the molecule is Cn1nc(-c2ccc(O)c(F)c2)c2c(N)ncnc21. The third kappa shape index (κ3) is 1.67. The van der Waals surface area contributed by atoms with E-state index in [1.54, 1.807) is 17.8 Å². The number of anilines is 1. The van der Waals surface area contributed by atoms with E-state index in [0.717, 1.165) is 0 Å². The maximum absolute atomic E-state index is 13.4. The first-order valence-electron chi connectivity index (χ1n) is 5.50. The molecule has 0 bridgehead atoms. The van der Waals surface area contributed by atoms with Crippen molar-refractivity contribution in [2.45, 2.75) is 0 Å². The number of rotatable bonds is 1. The molecule has 7 heteroatoms. The summed E-state index contributed by atoms with van der Waals surface area (Å²) in [6.07, 6.45) is 1.35. The van der Waals surface area contributed by atoms with Crippen LogP contribution in [0, 0.1) is 5.82 Å². The maximum Gasteiger partial charge on any atom is 0.165 e. The first-order valence-corrected chi connectivity index (χ1v) is 5.50. The second-order valence-corrected chi connectivity index (χ2v) is 4.10. The van der Waals surface area contributed by atoms with Crippen LogP contribution in [0.3, 0.4) is 0 Å². The number of aromatic hydroxyl groups is 1. The Kier molecular flexibility index (Phi) is 2.34. The summed E-state index contributed by atoms with van der Waals surface area (Å²) in [5, 5.41) is 14.1. The van der Waals surface area contributed by atoms with Crippen molar-refractivity contribution < 1.29 is 9.50 Å². The van der Waals surface area contributed by atoms with Crippen LogP contribution in [0.1, 0.15) is 0 Å². The normalized spacial score (nSPS) is 11.1. The molecule has 19 heavy (non-hydrogen) atoms. The Morgan fingerprint density at radius 3 is 2.84 bits per heavy atom. The Balaban J connectivity index is 2.33. The molecule has 2 heterocycles. The monoisotopic (exact) mass is 259 g/mol. The van der Waals surface area contributed by atoms with Crippen LogP contribution in [0.2, 0.25) is 0 Å². The molecule has 0 unspecified atom stereocenters. The van der Waals surface area contributed by atoms with Gasteiger partial charge in [-0.2, -0.15) is 5.10 Å². The number of phenols is 1. The van der Waals surface area contributed by atoms with Gasteiger partial charge in [-0.3, -0.25) is 0 Å². The van der Waals surface area contributed by atoms with Crippen LogP contribution in [0.25, 0.3) is 22.3 Å². The minimum Gasteiger partial charge on any atom is -0.505 e. The summed E-state index contributed by atoms with van der Waals surface area (Å²) in [5.41, 5.74) is 7.38. The highest BCUT2D eigenvalue weighted by Gasteiger charge is 2.16. The van der Waals surface area contributed by atoms with Crippen molar-refractivity contribution in [2.24, 2.45) is 7.05 Å². The number of aryl methyl sites for hydroxylation is 1. The van der Waals surface area contributed by atoms with Gasteiger partial charge in [-0.15, -0.1) is 0 Å². The van der Waals surface area contributed by atoms with Gasteiger partial charge in [-0.1, -0.05) is 0 Å². The highest BCUT2D eigenvalue weighted by atomic mass is 19.1. The minimum atomic E-state index is -0.716. The number of phenolic OH excluding ortho intramolecular Hbond substituents is 1. The third-order valence-electron chi connectivity index (χ3n) is 2.87. The van der Waals surface area contributed by atoms with Crippen LogP contribution in [0.15, 0.2) is 24.5 Å². The number of hydrogen-bond donors (Lipinski definition) is 2. The number of nitrogen functional groups attached to an aromatic ring is 1. The molecule has 0 atom stereocenters. The number of nitrogens with two attached hydrogens (primary N) is 1. The molecule has 0 saturated heterocycles. The fraction of sp³-hybridized carbons (Fsp3) is 0.0833. The second kappa shape index (κ2) is 3.91. The second-order valence-electron chi connectivity index (χ2n) is 4.10. The number of halogens is 1. The number of aromatic nitrogens is 4. The van der Waals surface area contributed by atoms with Crippen molar-refractivity contribution in [3.8, 4) is 17.0 Å². The molecule has 3 N–H and O–H groups in total. The summed E-state index contributed by atoms with van der Waals surface area (Å²) in [7, 11) is 1.72. The zero-order valence-electron chi connectivity index (χ0n) is 10.0. The molecule has 3 aromatic rings. The van der Waals surface area contributed by atoms with Gasteiger partial charge in [0.2, 0.25) is 0 Å². The molecule has 0 fully saturated rings. The van der Waals surface area contributed by atoms with Crippen LogP contribution < -0.4 is 5.73 Å². The van der Waals surface area contributed by atoms with Crippen molar-refractivity contribution in [3.63, 3.8) is 0 Å². The van der Waals surface area contributed by atoms with Crippen molar-refractivity contribution in [1.29, 1.82) is 0 Å².